The minimum absolute atomic E-state index is 0.0895. The molecule has 14 heteroatoms. The lowest BCUT2D eigenvalue weighted by atomic mass is 10.0. The van der Waals surface area contributed by atoms with Gasteiger partial charge in [0.25, 0.3) is 5.91 Å². The zero-order valence-corrected chi connectivity index (χ0v) is 27.5. The summed E-state index contributed by atoms with van der Waals surface area (Å²) in [5.74, 6) is -0.713. The Morgan fingerprint density at radius 3 is 2.41 bits per heavy atom. The SMILES string of the molecule is CC.Cc1cc(-c2nc(NC(=O)c3cnc(N4CCN(CCC(=O)O)CC4)cn3)sc2CN2CCCCC2C)cc(C(F)(F)F)c1. The first-order valence-corrected chi connectivity index (χ1v) is 16.5. The quantitative estimate of drug-likeness (QED) is 0.278. The summed E-state index contributed by atoms with van der Waals surface area (Å²) in [6, 6.07) is 4.26. The van der Waals surface area contributed by atoms with Crippen molar-refractivity contribution in [3.8, 4) is 11.3 Å². The van der Waals surface area contributed by atoms with Crippen LogP contribution in [0.15, 0.2) is 30.6 Å². The third-order valence-corrected chi connectivity index (χ3v) is 9.05. The number of benzene rings is 1. The minimum Gasteiger partial charge on any atom is -0.481 e. The van der Waals surface area contributed by atoms with Crippen molar-refractivity contribution < 1.29 is 27.9 Å². The molecule has 5 rings (SSSR count). The van der Waals surface area contributed by atoms with E-state index in [2.05, 4.69) is 37.0 Å². The highest BCUT2D eigenvalue weighted by Gasteiger charge is 2.32. The van der Waals surface area contributed by atoms with E-state index in [9.17, 15) is 22.8 Å². The molecule has 0 bridgehead atoms. The number of hydrogen-bond donors (Lipinski definition) is 2. The van der Waals surface area contributed by atoms with Crippen molar-refractivity contribution in [2.75, 3.05) is 49.5 Å². The molecule has 2 aliphatic heterocycles. The number of nitrogens with one attached hydrogen (secondary N) is 1. The number of hydrogen-bond acceptors (Lipinski definition) is 9. The molecule has 4 heterocycles. The maximum absolute atomic E-state index is 13.7. The molecule has 1 amide bonds. The lowest BCUT2D eigenvalue weighted by Gasteiger charge is -2.34. The number of nitrogens with zero attached hydrogens (tertiary/aromatic N) is 6. The van der Waals surface area contributed by atoms with E-state index in [0.29, 0.717) is 67.9 Å². The number of piperazine rings is 1. The van der Waals surface area contributed by atoms with E-state index in [0.717, 1.165) is 42.8 Å². The number of thiazole rings is 1. The van der Waals surface area contributed by atoms with Crippen LogP contribution in [0.4, 0.5) is 24.1 Å². The molecule has 2 saturated heterocycles. The summed E-state index contributed by atoms with van der Waals surface area (Å²) in [6.07, 6.45) is 1.78. The highest BCUT2D eigenvalue weighted by Crippen LogP contribution is 2.38. The molecule has 2 fully saturated rings. The molecule has 0 radical (unpaired) electrons. The second-order valence-corrected chi connectivity index (χ2v) is 12.5. The number of alkyl halides is 3. The third kappa shape index (κ3) is 9.23. The van der Waals surface area contributed by atoms with Crippen LogP contribution >= 0.6 is 11.3 Å². The number of piperidine rings is 1. The Balaban J connectivity index is 0.00000235. The number of carbonyl (C=O) groups excluding carboxylic acids is 1. The van der Waals surface area contributed by atoms with E-state index in [1.54, 1.807) is 13.0 Å². The summed E-state index contributed by atoms with van der Waals surface area (Å²) in [5.41, 5.74) is 0.622. The van der Waals surface area contributed by atoms with Gasteiger partial charge in [-0.05, 0) is 57.0 Å². The first kappa shape index (κ1) is 35.2. The molecule has 1 aromatic carbocycles. The van der Waals surface area contributed by atoms with Gasteiger partial charge in [-0.25, -0.2) is 15.0 Å². The van der Waals surface area contributed by atoms with E-state index in [4.69, 9.17) is 5.11 Å². The van der Waals surface area contributed by atoms with Gasteiger partial charge >= 0.3 is 12.1 Å². The van der Waals surface area contributed by atoms with E-state index in [-0.39, 0.29) is 17.2 Å². The Hall–Kier alpha value is -3.62. The van der Waals surface area contributed by atoms with Crippen LogP contribution in [0.3, 0.4) is 0 Å². The standard InChI is InChI=1S/C30H36F3N7O3S.C2H6/c1-19-13-21(15-22(14-19)30(31,32)33)27-24(18-40-7-4-3-5-20(40)2)44-29(36-27)37-28(43)23-16-35-25(17-34-23)39-11-9-38(10-12-39)8-6-26(41)42;1-2/h13-17,20H,3-12,18H2,1-2H3,(H,41,42)(H,36,37,43);1-2H3. The monoisotopic (exact) mass is 661 g/mol. The molecule has 2 N–H and O–H groups in total. The van der Waals surface area contributed by atoms with Gasteiger partial charge in [0.1, 0.15) is 11.5 Å². The van der Waals surface area contributed by atoms with Crippen molar-refractivity contribution in [3.63, 3.8) is 0 Å². The number of aliphatic carboxylic acids is 1. The van der Waals surface area contributed by atoms with E-state index in [1.807, 2.05) is 18.7 Å². The van der Waals surface area contributed by atoms with Crippen molar-refractivity contribution >= 4 is 34.2 Å². The van der Waals surface area contributed by atoms with Crippen molar-refractivity contribution in [1.29, 1.82) is 0 Å². The number of carboxylic acid groups (broad SMARTS) is 1. The van der Waals surface area contributed by atoms with Crippen LogP contribution in [-0.4, -0.2) is 87.0 Å². The normalized spacial score (nSPS) is 17.7. The van der Waals surface area contributed by atoms with Crippen LogP contribution in [0.2, 0.25) is 0 Å². The number of anilines is 2. The zero-order valence-electron chi connectivity index (χ0n) is 26.7. The van der Waals surface area contributed by atoms with Gasteiger partial charge in [-0.2, -0.15) is 13.2 Å². The van der Waals surface area contributed by atoms with Crippen molar-refractivity contribution in [2.45, 2.75) is 72.1 Å². The maximum atomic E-state index is 13.7. The second kappa shape index (κ2) is 15.8. The smallest absolute Gasteiger partial charge is 0.416 e. The number of rotatable bonds is 9. The van der Waals surface area contributed by atoms with Crippen molar-refractivity contribution in [2.24, 2.45) is 0 Å². The van der Waals surface area contributed by atoms with Gasteiger partial charge in [0.05, 0.1) is 30.1 Å². The molecule has 0 saturated carbocycles. The molecule has 2 aromatic heterocycles. The summed E-state index contributed by atoms with van der Waals surface area (Å²) in [7, 11) is 0. The average Bonchev–Trinajstić information content (AvgIpc) is 3.43. The number of aryl methyl sites for hydroxylation is 1. The van der Waals surface area contributed by atoms with Gasteiger partial charge in [0, 0.05) is 55.8 Å². The highest BCUT2D eigenvalue weighted by molar-refractivity contribution is 7.16. The van der Waals surface area contributed by atoms with Crippen LogP contribution in [0.1, 0.15) is 72.9 Å². The Kier molecular flexibility index (Phi) is 12.1. The Morgan fingerprint density at radius 1 is 1.04 bits per heavy atom. The van der Waals surface area contributed by atoms with Gasteiger partial charge in [0.2, 0.25) is 0 Å². The van der Waals surface area contributed by atoms with Crippen LogP contribution in [-0.2, 0) is 17.5 Å². The Bertz CT molecular complexity index is 1470. The van der Waals surface area contributed by atoms with Gasteiger partial charge < -0.3 is 10.0 Å². The van der Waals surface area contributed by atoms with Crippen LogP contribution < -0.4 is 10.2 Å². The summed E-state index contributed by atoms with van der Waals surface area (Å²) in [5, 5.41) is 12.0. The minimum atomic E-state index is -4.49. The predicted octanol–water partition coefficient (Wildman–Crippen LogP) is 6.18. The van der Waals surface area contributed by atoms with Crippen LogP contribution in [0, 0.1) is 6.92 Å². The lowest BCUT2D eigenvalue weighted by Crippen LogP contribution is -2.47. The number of aromatic nitrogens is 3. The summed E-state index contributed by atoms with van der Waals surface area (Å²) in [6.45, 7) is 12.4. The summed E-state index contributed by atoms with van der Waals surface area (Å²) >= 11 is 1.26. The number of halogens is 3. The number of likely N-dealkylation sites (tertiary alicyclic amines) is 1. The molecule has 250 valence electrons. The van der Waals surface area contributed by atoms with E-state index < -0.39 is 23.6 Å². The topological polar surface area (TPSA) is 115 Å². The molecule has 1 unspecified atom stereocenters. The van der Waals surface area contributed by atoms with Gasteiger partial charge in [-0.3, -0.25) is 24.7 Å². The van der Waals surface area contributed by atoms with E-state index >= 15 is 0 Å². The number of carboxylic acids is 1. The molecular weight excluding hydrogens is 619 g/mol. The largest absolute Gasteiger partial charge is 0.481 e. The van der Waals surface area contributed by atoms with Crippen LogP contribution in [0.5, 0.6) is 0 Å². The molecule has 10 nitrogen and oxygen atoms in total. The summed E-state index contributed by atoms with van der Waals surface area (Å²) in [4.78, 5) is 44.5. The fourth-order valence-corrected chi connectivity index (χ4v) is 6.62. The summed E-state index contributed by atoms with van der Waals surface area (Å²) < 4.78 is 41.0. The molecule has 0 spiro atoms. The van der Waals surface area contributed by atoms with Gasteiger partial charge in [-0.15, -0.1) is 0 Å². The fourth-order valence-electron chi connectivity index (χ4n) is 5.62. The molecule has 0 aliphatic carbocycles. The molecule has 3 aromatic rings. The molecule has 1 atom stereocenters. The van der Waals surface area contributed by atoms with Gasteiger partial charge in [0.15, 0.2) is 5.13 Å². The van der Waals surface area contributed by atoms with Gasteiger partial charge in [-0.1, -0.05) is 31.6 Å². The lowest BCUT2D eigenvalue weighted by molar-refractivity contribution is -0.138. The Labute approximate surface area is 271 Å². The Morgan fingerprint density at radius 2 is 1.78 bits per heavy atom. The maximum Gasteiger partial charge on any atom is 0.416 e. The third-order valence-electron chi connectivity index (χ3n) is 8.09. The first-order chi connectivity index (χ1) is 22.0. The molecule has 46 heavy (non-hydrogen) atoms. The first-order valence-electron chi connectivity index (χ1n) is 15.7. The zero-order chi connectivity index (χ0) is 33.4. The molecule has 2 aliphatic rings. The highest BCUT2D eigenvalue weighted by atomic mass is 32.1. The van der Waals surface area contributed by atoms with Crippen molar-refractivity contribution in [3.05, 3.63) is 52.3 Å². The number of amides is 1. The van der Waals surface area contributed by atoms with Crippen molar-refractivity contribution in [1.82, 2.24) is 24.8 Å². The average molecular weight is 662 g/mol. The number of carbonyl (C=O) groups is 2. The second-order valence-electron chi connectivity index (χ2n) is 11.4. The molecular formula is C32H42F3N7O3S. The van der Waals surface area contributed by atoms with E-state index in [1.165, 1.54) is 23.7 Å². The predicted molar refractivity (Wildman–Crippen MR) is 173 cm³/mol. The fraction of sp³-hybridized carbons (Fsp3) is 0.531. The van der Waals surface area contributed by atoms with Crippen LogP contribution in [0.25, 0.3) is 11.3 Å².